The Morgan fingerprint density at radius 2 is 2.11 bits per heavy atom. The van der Waals surface area contributed by atoms with Crippen LogP contribution in [0.2, 0.25) is 0 Å². The summed E-state index contributed by atoms with van der Waals surface area (Å²) in [6, 6.07) is -0.308. The van der Waals surface area contributed by atoms with E-state index in [1.807, 2.05) is 0 Å². The Morgan fingerprint density at radius 3 is 2.63 bits per heavy atom. The number of carboxylic acids is 1. The molecule has 1 saturated carbocycles. The Hall–Kier alpha value is -1.34. The molecule has 1 aliphatic rings. The molecule has 0 aromatic rings. The molecule has 2 atom stereocenters. The molecule has 0 bridgehead atoms. The van der Waals surface area contributed by atoms with E-state index in [1.165, 1.54) is 12.0 Å². The number of rotatable bonds is 7. The van der Waals surface area contributed by atoms with E-state index in [-0.39, 0.29) is 31.3 Å². The topological polar surface area (TPSA) is 88.1 Å². The van der Waals surface area contributed by atoms with Crippen LogP contribution < -0.4 is 5.32 Å². The number of aliphatic carboxylic acids is 1. The van der Waals surface area contributed by atoms with Crippen LogP contribution in [0.1, 0.15) is 19.3 Å². The van der Waals surface area contributed by atoms with E-state index in [0.717, 1.165) is 19.3 Å². The molecule has 0 aromatic carbocycles. The Morgan fingerprint density at radius 1 is 1.37 bits per heavy atom. The van der Waals surface area contributed by atoms with Crippen LogP contribution in [0.4, 0.5) is 4.79 Å². The van der Waals surface area contributed by atoms with Gasteiger partial charge in [0.05, 0.1) is 12.7 Å². The number of carbonyl (C=O) groups is 2. The fourth-order valence-electron chi connectivity index (χ4n) is 2.17. The molecule has 1 rings (SSSR count). The van der Waals surface area contributed by atoms with Gasteiger partial charge in [-0.3, -0.25) is 4.79 Å². The minimum atomic E-state index is -1.03. The fourth-order valence-corrected chi connectivity index (χ4v) is 2.17. The van der Waals surface area contributed by atoms with Gasteiger partial charge in [-0.25, -0.2) is 4.79 Å². The highest BCUT2D eigenvalue weighted by Gasteiger charge is 2.27. The maximum Gasteiger partial charge on any atom is 0.323 e. The van der Waals surface area contributed by atoms with Gasteiger partial charge in [0.15, 0.2) is 0 Å². The first-order valence-corrected chi connectivity index (χ1v) is 6.35. The predicted molar refractivity (Wildman–Crippen MR) is 68.1 cm³/mol. The van der Waals surface area contributed by atoms with Crippen LogP contribution in [0, 0.1) is 0 Å². The van der Waals surface area contributed by atoms with Crippen molar-refractivity contribution in [3.63, 3.8) is 0 Å². The molecule has 19 heavy (non-hydrogen) atoms. The van der Waals surface area contributed by atoms with Crippen molar-refractivity contribution < 1.29 is 24.2 Å². The first-order valence-electron chi connectivity index (χ1n) is 6.35. The lowest BCUT2D eigenvalue weighted by molar-refractivity contribution is -0.137. The summed E-state index contributed by atoms with van der Waals surface area (Å²) in [5.74, 6) is -1.03. The van der Waals surface area contributed by atoms with Crippen molar-refractivity contribution in [2.75, 3.05) is 33.9 Å². The van der Waals surface area contributed by atoms with Crippen LogP contribution >= 0.6 is 0 Å². The van der Waals surface area contributed by atoms with Crippen molar-refractivity contribution in [1.29, 1.82) is 0 Å². The molecule has 110 valence electrons. The van der Waals surface area contributed by atoms with E-state index in [1.54, 1.807) is 7.11 Å². The van der Waals surface area contributed by atoms with Gasteiger partial charge in [-0.15, -0.1) is 0 Å². The van der Waals surface area contributed by atoms with E-state index in [4.69, 9.17) is 14.6 Å². The molecule has 2 unspecified atom stereocenters. The number of methoxy groups -OCH3 is 2. The number of amides is 2. The molecule has 1 fully saturated rings. The zero-order valence-corrected chi connectivity index (χ0v) is 11.4. The zero-order chi connectivity index (χ0) is 14.3. The van der Waals surface area contributed by atoms with Gasteiger partial charge in [-0.05, 0) is 19.3 Å². The summed E-state index contributed by atoms with van der Waals surface area (Å²) in [6.45, 7) is 0.247. The van der Waals surface area contributed by atoms with Crippen LogP contribution in [0.25, 0.3) is 0 Å². The van der Waals surface area contributed by atoms with Gasteiger partial charge in [0.1, 0.15) is 6.54 Å². The molecule has 7 heteroatoms. The number of carbonyl (C=O) groups excluding carboxylic acids is 1. The minimum absolute atomic E-state index is 0.0521. The minimum Gasteiger partial charge on any atom is -0.480 e. The van der Waals surface area contributed by atoms with E-state index in [9.17, 15) is 9.59 Å². The summed E-state index contributed by atoms with van der Waals surface area (Å²) in [7, 11) is 3.17. The third-order valence-corrected chi connectivity index (χ3v) is 3.22. The number of nitrogens with zero attached hydrogens (tertiary/aromatic N) is 1. The number of nitrogens with one attached hydrogen (secondary N) is 1. The van der Waals surface area contributed by atoms with Gasteiger partial charge in [-0.2, -0.15) is 0 Å². The summed E-state index contributed by atoms with van der Waals surface area (Å²) in [4.78, 5) is 24.0. The third-order valence-electron chi connectivity index (χ3n) is 3.22. The molecule has 0 saturated heterocycles. The maximum atomic E-state index is 12.0. The van der Waals surface area contributed by atoms with Crippen LogP contribution in [0.15, 0.2) is 0 Å². The first-order chi connectivity index (χ1) is 9.06. The highest BCUT2D eigenvalue weighted by molar-refractivity contribution is 5.80. The second-order valence-electron chi connectivity index (χ2n) is 4.63. The molecule has 1 aliphatic carbocycles. The lowest BCUT2D eigenvalue weighted by atomic mass is 10.2. The second kappa shape index (κ2) is 7.96. The largest absolute Gasteiger partial charge is 0.480 e. The lowest BCUT2D eigenvalue weighted by Gasteiger charge is -2.23. The number of urea groups is 1. The standard InChI is InChI=1S/C12H22N2O5/c1-18-6-5-14(8-11(15)16)12(17)13-9-3-4-10(7-9)19-2/h9-10H,3-8H2,1-2H3,(H,13,17)(H,15,16). The van der Waals surface area contributed by atoms with Crippen molar-refractivity contribution in [2.45, 2.75) is 31.4 Å². The predicted octanol–water partition coefficient (Wildman–Crippen LogP) is 0.297. The maximum absolute atomic E-state index is 12.0. The fraction of sp³-hybridized carbons (Fsp3) is 0.833. The Bertz CT molecular complexity index is 310. The third kappa shape index (κ3) is 5.44. The average Bonchev–Trinajstić information content (AvgIpc) is 2.81. The van der Waals surface area contributed by atoms with Crippen molar-refractivity contribution >= 4 is 12.0 Å². The van der Waals surface area contributed by atoms with Crippen molar-refractivity contribution in [3.8, 4) is 0 Å². The van der Waals surface area contributed by atoms with E-state index < -0.39 is 5.97 Å². The van der Waals surface area contributed by atoms with E-state index in [2.05, 4.69) is 5.32 Å². The zero-order valence-electron chi connectivity index (χ0n) is 11.4. The molecule has 0 spiro atoms. The highest BCUT2D eigenvalue weighted by atomic mass is 16.5. The number of ether oxygens (including phenoxy) is 2. The number of hydrogen-bond donors (Lipinski definition) is 2. The molecule has 0 heterocycles. The molecule has 2 N–H and O–H groups in total. The summed E-state index contributed by atoms with van der Waals surface area (Å²) in [5, 5.41) is 11.6. The van der Waals surface area contributed by atoms with Crippen molar-refractivity contribution in [3.05, 3.63) is 0 Å². The molecule has 0 aromatic heterocycles. The van der Waals surface area contributed by atoms with E-state index in [0.29, 0.717) is 6.61 Å². The molecule has 0 aliphatic heterocycles. The average molecular weight is 274 g/mol. The van der Waals surface area contributed by atoms with Crippen LogP contribution in [0.5, 0.6) is 0 Å². The summed E-state index contributed by atoms with van der Waals surface area (Å²) in [6.07, 6.45) is 2.72. The smallest absolute Gasteiger partial charge is 0.323 e. The monoisotopic (exact) mass is 274 g/mol. The molecule has 0 radical (unpaired) electrons. The van der Waals surface area contributed by atoms with Crippen LogP contribution in [-0.4, -0.2) is 68.1 Å². The number of carboxylic acid groups (broad SMARTS) is 1. The SMILES string of the molecule is COCCN(CC(=O)O)C(=O)NC1CCC(OC)C1. The quantitative estimate of drug-likeness (QED) is 0.697. The highest BCUT2D eigenvalue weighted by Crippen LogP contribution is 2.21. The van der Waals surface area contributed by atoms with Gasteiger partial charge in [-0.1, -0.05) is 0 Å². The normalized spacial score (nSPS) is 22.2. The first kappa shape index (κ1) is 15.7. The van der Waals surface area contributed by atoms with E-state index >= 15 is 0 Å². The van der Waals surface area contributed by atoms with Crippen LogP contribution in [0.3, 0.4) is 0 Å². The van der Waals surface area contributed by atoms with Gasteiger partial charge < -0.3 is 24.8 Å². The Balaban J connectivity index is 2.44. The van der Waals surface area contributed by atoms with Gasteiger partial charge in [0.2, 0.25) is 0 Å². The molecular weight excluding hydrogens is 252 g/mol. The van der Waals surface area contributed by atoms with Crippen molar-refractivity contribution in [2.24, 2.45) is 0 Å². The lowest BCUT2D eigenvalue weighted by Crippen LogP contribution is -2.47. The van der Waals surface area contributed by atoms with Crippen LogP contribution in [-0.2, 0) is 14.3 Å². The van der Waals surface area contributed by atoms with Gasteiger partial charge in [0, 0.05) is 26.8 Å². The van der Waals surface area contributed by atoms with Gasteiger partial charge >= 0.3 is 12.0 Å². The Kier molecular flexibility index (Phi) is 6.58. The number of hydrogen-bond acceptors (Lipinski definition) is 4. The molecule has 2 amide bonds. The summed E-state index contributed by atoms with van der Waals surface area (Å²) in [5.41, 5.74) is 0. The summed E-state index contributed by atoms with van der Waals surface area (Å²) >= 11 is 0. The second-order valence-corrected chi connectivity index (χ2v) is 4.63. The molecule has 7 nitrogen and oxygen atoms in total. The van der Waals surface area contributed by atoms with Crippen molar-refractivity contribution in [1.82, 2.24) is 10.2 Å². The van der Waals surface area contributed by atoms with Gasteiger partial charge in [0.25, 0.3) is 0 Å². The molecular formula is C12H22N2O5. The Labute approximate surface area is 112 Å². The summed E-state index contributed by atoms with van der Waals surface area (Å²) < 4.78 is 10.1.